The van der Waals surface area contributed by atoms with Crippen molar-refractivity contribution >= 4 is 5.97 Å². The van der Waals surface area contributed by atoms with Crippen molar-refractivity contribution in [2.24, 2.45) is 5.92 Å². The summed E-state index contributed by atoms with van der Waals surface area (Å²) in [7, 11) is 0. The van der Waals surface area contributed by atoms with Crippen LogP contribution in [0.2, 0.25) is 0 Å². The van der Waals surface area contributed by atoms with E-state index < -0.39 is 0 Å². The Labute approximate surface area is 134 Å². The molecule has 1 aliphatic carbocycles. The van der Waals surface area contributed by atoms with Crippen LogP contribution in [0.25, 0.3) is 0 Å². The van der Waals surface area contributed by atoms with Crippen LogP contribution in [0.3, 0.4) is 0 Å². The number of hydrogen-bond acceptors (Lipinski definition) is 2. The molecule has 1 unspecified atom stereocenters. The molecule has 0 amide bonds. The minimum Gasteiger partial charge on any atom is -0.466 e. The minimum absolute atomic E-state index is 0.0622. The normalized spacial score (nSPS) is 16.0. The van der Waals surface area contributed by atoms with Gasteiger partial charge in [-0.1, -0.05) is 41.5 Å². The van der Waals surface area contributed by atoms with Gasteiger partial charge in [-0.25, -0.2) is 0 Å². The molecule has 120 valence electrons. The maximum Gasteiger partial charge on any atom is 0.305 e. The molecular weight excluding hydrogens is 272 g/mol. The highest BCUT2D eigenvalue weighted by Crippen LogP contribution is 2.30. The van der Waals surface area contributed by atoms with E-state index in [2.05, 4.69) is 37.3 Å². The van der Waals surface area contributed by atoms with Crippen LogP contribution in [-0.2, 0) is 16.0 Å². The topological polar surface area (TPSA) is 26.3 Å². The molecular formula is C20H28O2. The first-order valence-electron chi connectivity index (χ1n) is 8.59. The molecule has 2 heteroatoms. The second kappa shape index (κ2) is 8.77. The van der Waals surface area contributed by atoms with E-state index >= 15 is 0 Å². The summed E-state index contributed by atoms with van der Waals surface area (Å²) in [5.74, 6) is 0.417. The predicted octanol–water partition coefficient (Wildman–Crippen LogP) is 5.00. The first-order chi connectivity index (χ1) is 10.7. The second-order valence-electron chi connectivity index (χ2n) is 6.26. The number of allylic oxidation sites excluding steroid dienone is 2. The van der Waals surface area contributed by atoms with E-state index in [1.54, 1.807) is 5.57 Å². The van der Waals surface area contributed by atoms with Gasteiger partial charge in [-0.3, -0.25) is 4.79 Å². The summed E-state index contributed by atoms with van der Waals surface area (Å²) in [6.45, 7) is 4.46. The molecule has 1 aromatic rings. The number of ether oxygens (including phenoxy) is 1. The van der Waals surface area contributed by atoms with Gasteiger partial charge in [-0.15, -0.1) is 0 Å². The molecule has 1 atom stereocenters. The Morgan fingerprint density at radius 1 is 1.23 bits per heavy atom. The molecule has 0 radical (unpaired) electrons. The van der Waals surface area contributed by atoms with E-state index in [0.717, 1.165) is 12.8 Å². The molecule has 0 heterocycles. The summed E-state index contributed by atoms with van der Waals surface area (Å²) < 4.78 is 5.09. The summed E-state index contributed by atoms with van der Waals surface area (Å²) in [4.78, 5) is 11.7. The van der Waals surface area contributed by atoms with Gasteiger partial charge in [0.1, 0.15) is 0 Å². The van der Waals surface area contributed by atoms with Crippen LogP contribution in [-0.4, -0.2) is 12.6 Å². The molecule has 0 fully saturated rings. The quantitative estimate of drug-likeness (QED) is 0.523. The summed E-state index contributed by atoms with van der Waals surface area (Å²) in [6, 6.07) is 8.78. The fraction of sp³-hybridized carbons (Fsp3) is 0.550. The fourth-order valence-electron chi connectivity index (χ4n) is 3.19. The Balaban J connectivity index is 2.02. The molecule has 0 N–H and O–H groups in total. The summed E-state index contributed by atoms with van der Waals surface area (Å²) in [5, 5.41) is 0. The van der Waals surface area contributed by atoms with E-state index in [9.17, 15) is 4.79 Å². The van der Waals surface area contributed by atoms with Crippen molar-refractivity contribution in [1.29, 1.82) is 0 Å². The maximum atomic E-state index is 11.7. The Morgan fingerprint density at radius 3 is 2.64 bits per heavy atom. The molecule has 1 aromatic carbocycles. The Hall–Kier alpha value is -1.57. The standard InChI is InChI=1S/C20H28O2/c1-3-22-20(21)14-13-19(18-7-5-4-6-8-18)15-17-11-9-16(2)10-12-17/h7,9-12,19H,3-6,8,13-15H2,1-2H3. The van der Waals surface area contributed by atoms with Gasteiger partial charge < -0.3 is 4.74 Å². The first kappa shape index (κ1) is 16.8. The SMILES string of the molecule is CCOC(=O)CCC(Cc1ccc(C)cc1)C1=CCCCC1. The third kappa shape index (κ3) is 5.32. The van der Waals surface area contributed by atoms with Crippen LogP contribution >= 0.6 is 0 Å². The summed E-state index contributed by atoms with van der Waals surface area (Å²) in [5.41, 5.74) is 4.21. The molecule has 0 aliphatic heterocycles. The van der Waals surface area contributed by atoms with Gasteiger partial charge in [0.25, 0.3) is 0 Å². The van der Waals surface area contributed by atoms with Crippen LogP contribution in [0.4, 0.5) is 0 Å². The Morgan fingerprint density at radius 2 is 2.00 bits per heavy atom. The first-order valence-corrected chi connectivity index (χ1v) is 8.59. The lowest BCUT2D eigenvalue weighted by Crippen LogP contribution is -2.14. The zero-order chi connectivity index (χ0) is 15.8. The zero-order valence-electron chi connectivity index (χ0n) is 13.9. The van der Waals surface area contributed by atoms with Crippen molar-refractivity contribution < 1.29 is 9.53 Å². The van der Waals surface area contributed by atoms with Crippen molar-refractivity contribution in [3.05, 3.63) is 47.0 Å². The van der Waals surface area contributed by atoms with E-state index in [1.807, 2.05) is 6.92 Å². The van der Waals surface area contributed by atoms with Crippen LogP contribution in [0.5, 0.6) is 0 Å². The maximum absolute atomic E-state index is 11.7. The van der Waals surface area contributed by atoms with Crippen molar-refractivity contribution in [3.63, 3.8) is 0 Å². The largest absolute Gasteiger partial charge is 0.466 e. The monoisotopic (exact) mass is 300 g/mol. The molecule has 22 heavy (non-hydrogen) atoms. The van der Waals surface area contributed by atoms with Gasteiger partial charge in [0.05, 0.1) is 6.61 Å². The average Bonchev–Trinajstić information content (AvgIpc) is 2.54. The van der Waals surface area contributed by atoms with Crippen LogP contribution in [0.1, 0.15) is 56.6 Å². The number of rotatable bonds is 7. The van der Waals surface area contributed by atoms with E-state index in [0.29, 0.717) is 18.9 Å². The smallest absolute Gasteiger partial charge is 0.305 e. The lowest BCUT2D eigenvalue weighted by molar-refractivity contribution is -0.143. The molecule has 0 aromatic heterocycles. The highest BCUT2D eigenvalue weighted by atomic mass is 16.5. The third-order valence-electron chi connectivity index (χ3n) is 4.46. The van der Waals surface area contributed by atoms with Crippen molar-refractivity contribution in [1.82, 2.24) is 0 Å². The van der Waals surface area contributed by atoms with Gasteiger partial charge in [0.15, 0.2) is 0 Å². The molecule has 2 nitrogen and oxygen atoms in total. The van der Waals surface area contributed by atoms with E-state index in [4.69, 9.17) is 4.74 Å². The highest BCUT2D eigenvalue weighted by molar-refractivity contribution is 5.69. The van der Waals surface area contributed by atoms with Gasteiger partial charge in [0, 0.05) is 6.42 Å². The van der Waals surface area contributed by atoms with Gasteiger partial charge in [-0.05, 0) is 63.9 Å². The second-order valence-corrected chi connectivity index (χ2v) is 6.26. The van der Waals surface area contributed by atoms with Gasteiger partial charge in [-0.2, -0.15) is 0 Å². The van der Waals surface area contributed by atoms with Gasteiger partial charge in [0.2, 0.25) is 0 Å². The molecule has 0 spiro atoms. The predicted molar refractivity (Wildman–Crippen MR) is 90.8 cm³/mol. The zero-order valence-corrected chi connectivity index (χ0v) is 13.9. The highest BCUT2D eigenvalue weighted by Gasteiger charge is 2.18. The number of benzene rings is 1. The van der Waals surface area contributed by atoms with Crippen molar-refractivity contribution in [2.45, 2.75) is 58.8 Å². The minimum atomic E-state index is -0.0622. The van der Waals surface area contributed by atoms with Crippen LogP contribution < -0.4 is 0 Å². The van der Waals surface area contributed by atoms with Gasteiger partial charge >= 0.3 is 5.97 Å². The number of carbonyl (C=O) groups is 1. The lowest BCUT2D eigenvalue weighted by Gasteiger charge is -2.23. The van der Waals surface area contributed by atoms with Crippen LogP contribution in [0, 0.1) is 12.8 Å². The number of esters is 1. The van der Waals surface area contributed by atoms with E-state index in [-0.39, 0.29) is 5.97 Å². The summed E-state index contributed by atoms with van der Waals surface area (Å²) in [6.07, 6.45) is 9.85. The summed E-state index contributed by atoms with van der Waals surface area (Å²) >= 11 is 0. The molecule has 1 aliphatic rings. The third-order valence-corrected chi connectivity index (χ3v) is 4.46. The Kier molecular flexibility index (Phi) is 6.70. The van der Waals surface area contributed by atoms with Crippen molar-refractivity contribution in [3.8, 4) is 0 Å². The average molecular weight is 300 g/mol. The molecule has 0 saturated heterocycles. The number of hydrogen-bond donors (Lipinski definition) is 0. The van der Waals surface area contributed by atoms with Crippen LogP contribution in [0.15, 0.2) is 35.9 Å². The van der Waals surface area contributed by atoms with E-state index in [1.165, 1.54) is 36.8 Å². The number of aryl methyl sites for hydroxylation is 1. The molecule has 2 rings (SSSR count). The number of carbonyl (C=O) groups excluding carboxylic acids is 1. The molecule has 0 bridgehead atoms. The Bertz CT molecular complexity index is 499. The fourth-order valence-corrected chi connectivity index (χ4v) is 3.19. The van der Waals surface area contributed by atoms with Crippen molar-refractivity contribution in [2.75, 3.05) is 6.61 Å². The molecule has 0 saturated carbocycles. The lowest BCUT2D eigenvalue weighted by atomic mass is 9.82.